The summed E-state index contributed by atoms with van der Waals surface area (Å²) < 4.78 is 0. The Morgan fingerprint density at radius 1 is 0.842 bits per heavy atom. The van der Waals surface area contributed by atoms with Crippen molar-refractivity contribution in [3.05, 3.63) is 30.3 Å². The molecule has 1 nitrogen and oxygen atoms in total. The Morgan fingerprint density at radius 3 is 1.53 bits per heavy atom. The Bertz CT molecular complexity index is 198. The van der Waals surface area contributed by atoms with Gasteiger partial charge in [-0.15, -0.1) is 0 Å². The Kier molecular flexibility index (Phi) is 51.5. The first-order valence-electron chi connectivity index (χ1n) is 7.08. The van der Waals surface area contributed by atoms with Gasteiger partial charge in [0.05, 0.1) is 0 Å². The Morgan fingerprint density at radius 2 is 1.21 bits per heavy atom. The molecule has 0 saturated heterocycles. The van der Waals surface area contributed by atoms with E-state index in [9.17, 15) is 0 Å². The summed E-state index contributed by atoms with van der Waals surface area (Å²) in [4.78, 5) is 0. The van der Waals surface area contributed by atoms with Crippen LogP contribution in [0.3, 0.4) is 0 Å². The molecule has 0 aliphatic heterocycles. The van der Waals surface area contributed by atoms with Crippen molar-refractivity contribution in [1.29, 1.82) is 0 Å². The van der Waals surface area contributed by atoms with Crippen LogP contribution in [-0.2, 0) is 0 Å². The van der Waals surface area contributed by atoms with Gasteiger partial charge in [0.1, 0.15) is 0 Å². The summed E-state index contributed by atoms with van der Waals surface area (Å²) in [6.45, 7) is 17.5. The predicted molar refractivity (Wildman–Crippen MR) is 90.5 cm³/mol. The molecule has 0 heterocycles. The number of benzene rings is 1. The molecule has 0 atom stereocenters. The Labute approximate surface area is 153 Å². The maximum atomic E-state index is 3.34. The van der Waals surface area contributed by atoms with Crippen molar-refractivity contribution >= 4 is 5.69 Å². The molecule has 19 heavy (non-hydrogen) atoms. The maximum Gasteiger partial charge on any atom is 0.0340 e. The van der Waals surface area contributed by atoms with Gasteiger partial charge in [0.25, 0.3) is 0 Å². The van der Waals surface area contributed by atoms with E-state index in [1.54, 1.807) is 0 Å². The number of hydrogen-bond donors (Lipinski definition) is 1. The van der Waals surface area contributed by atoms with Crippen LogP contribution in [0.25, 0.3) is 0 Å². The van der Waals surface area contributed by atoms with Crippen LogP contribution < -0.4 is 5.32 Å². The van der Waals surface area contributed by atoms with Gasteiger partial charge in [-0.2, -0.15) is 0 Å². The minimum Gasteiger partial charge on any atom is -0.385 e. The van der Waals surface area contributed by atoms with Gasteiger partial charge in [0, 0.05) is 50.0 Å². The smallest absolute Gasteiger partial charge is 0.0340 e. The van der Waals surface area contributed by atoms with Crippen molar-refractivity contribution in [2.45, 2.75) is 62.8 Å². The molecule has 0 bridgehead atoms. The minimum atomic E-state index is 0. The molecule has 0 aliphatic carbocycles. The van der Waals surface area contributed by atoms with Crippen molar-refractivity contribution in [3.8, 4) is 0 Å². The van der Waals surface area contributed by atoms with Crippen LogP contribution in [0.1, 0.15) is 62.8 Å². The number of hydrogen-bond acceptors (Lipinski definition) is 1. The SMILES string of the molecule is C.CC.CC.CC.CC(C)CNc1ccccc1.[Ar]. The average Bonchev–Trinajstić information content (AvgIpc) is 2.44. The van der Waals surface area contributed by atoms with Crippen LogP contribution in [0.2, 0.25) is 0 Å². The van der Waals surface area contributed by atoms with Gasteiger partial charge in [-0.05, 0) is 18.1 Å². The molecule has 0 saturated carbocycles. The van der Waals surface area contributed by atoms with Crippen LogP contribution in [0.5, 0.6) is 0 Å². The van der Waals surface area contributed by atoms with Crippen molar-refractivity contribution in [2.24, 2.45) is 5.92 Å². The molecule has 1 N–H and O–H groups in total. The molecule has 118 valence electrons. The van der Waals surface area contributed by atoms with Crippen LogP contribution in [0.15, 0.2) is 30.3 Å². The summed E-state index contributed by atoms with van der Waals surface area (Å²) in [7, 11) is 0. The molecular formula is C17H37ArN. The Hall–Kier alpha value is 0.280. The summed E-state index contributed by atoms with van der Waals surface area (Å²) >= 11 is 0. The van der Waals surface area contributed by atoms with Crippen molar-refractivity contribution in [1.82, 2.24) is 0 Å². The summed E-state index contributed by atoms with van der Waals surface area (Å²) in [6.07, 6.45) is 0. The third kappa shape index (κ3) is 27.5. The fourth-order valence-corrected chi connectivity index (χ4v) is 0.878. The first kappa shape index (κ1) is 31.6. The first-order chi connectivity index (χ1) is 8.29. The van der Waals surface area contributed by atoms with Crippen molar-refractivity contribution < 1.29 is 37.7 Å². The van der Waals surface area contributed by atoms with Gasteiger partial charge in [0.15, 0.2) is 0 Å². The maximum absolute atomic E-state index is 3.34. The van der Waals surface area contributed by atoms with Gasteiger partial charge >= 0.3 is 0 Å². The fourth-order valence-electron chi connectivity index (χ4n) is 0.878. The van der Waals surface area contributed by atoms with Crippen molar-refractivity contribution in [3.63, 3.8) is 0 Å². The zero-order valence-corrected chi connectivity index (χ0v) is 14.2. The van der Waals surface area contributed by atoms with E-state index in [-0.39, 0.29) is 45.2 Å². The molecule has 1 aromatic carbocycles. The molecule has 2 heteroatoms. The van der Waals surface area contributed by atoms with Gasteiger partial charge in [-0.25, -0.2) is 0 Å². The van der Waals surface area contributed by atoms with Crippen LogP contribution in [0.4, 0.5) is 5.69 Å². The normalized spacial score (nSPS) is 6.79. The van der Waals surface area contributed by atoms with E-state index in [4.69, 9.17) is 0 Å². The molecule has 0 amide bonds. The third-order valence-corrected chi connectivity index (χ3v) is 1.49. The van der Waals surface area contributed by atoms with E-state index in [2.05, 4.69) is 31.3 Å². The standard InChI is InChI=1S/C10H15N.3C2H6.CH4.Ar/c1-9(2)8-11-10-6-4-3-5-7-10;3*1-2;;/h3-7,9,11H,8H2,1-2H3;3*1-2H3;1H4;. The summed E-state index contributed by atoms with van der Waals surface area (Å²) in [5.74, 6) is 0.704. The Balaban J connectivity index is -0.0000000724. The fraction of sp³-hybridized carbons (Fsp3) is 0.647. The van der Waals surface area contributed by atoms with E-state index < -0.39 is 0 Å². The topological polar surface area (TPSA) is 12.0 Å². The second kappa shape index (κ2) is 31.0. The van der Waals surface area contributed by atoms with Crippen LogP contribution >= 0.6 is 0 Å². The number of para-hydroxylation sites is 1. The summed E-state index contributed by atoms with van der Waals surface area (Å²) in [5, 5.41) is 3.34. The van der Waals surface area contributed by atoms with E-state index in [0.29, 0.717) is 5.92 Å². The summed E-state index contributed by atoms with van der Waals surface area (Å²) in [5.41, 5.74) is 1.21. The molecule has 1 rings (SSSR count). The largest absolute Gasteiger partial charge is 0.385 e. The van der Waals surface area contributed by atoms with Crippen molar-refractivity contribution in [2.75, 3.05) is 11.9 Å². The molecule has 0 unspecified atom stereocenters. The number of rotatable bonds is 3. The van der Waals surface area contributed by atoms with Crippen LogP contribution in [0, 0.1) is 43.7 Å². The van der Waals surface area contributed by atoms with Gasteiger partial charge in [-0.3, -0.25) is 0 Å². The minimum absolute atomic E-state index is 0. The second-order valence-corrected chi connectivity index (χ2v) is 3.14. The predicted octanol–water partition coefficient (Wildman–Crippen LogP) is 6.47. The molecule has 0 aliphatic rings. The van der Waals surface area contributed by atoms with Crippen LogP contribution in [-0.4, -0.2) is 6.54 Å². The summed E-state index contributed by atoms with van der Waals surface area (Å²) in [6, 6.07) is 10.3. The van der Waals surface area contributed by atoms with Gasteiger partial charge in [0.2, 0.25) is 0 Å². The van der Waals surface area contributed by atoms with E-state index in [1.807, 2.05) is 59.7 Å². The first-order valence-corrected chi connectivity index (χ1v) is 7.08. The average molecular weight is 295 g/mol. The third-order valence-electron chi connectivity index (χ3n) is 1.49. The quantitative estimate of drug-likeness (QED) is 0.674. The van der Waals surface area contributed by atoms with Gasteiger partial charge < -0.3 is 5.32 Å². The monoisotopic (exact) mass is 295 g/mol. The number of nitrogens with one attached hydrogen (secondary N) is 1. The van der Waals surface area contributed by atoms with Gasteiger partial charge in [-0.1, -0.05) is 81.0 Å². The van der Waals surface area contributed by atoms with E-state index in [0.717, 1.165) is 6.54 Å². The van der Waals surface area contributed by atoms with E-state index in [1.165, 1.54) is 5.69 Å². The molecule has 0 spiro atoms. The molecule has 1 aromatic rings. The molecule has 0 aromatic heterocycles. The molecular weight excluding hydrogens is 258 g/mol. The zero-order valence-electron chi connectivity index (χ0n) is 13.5. The molecule has 0 radical (unpaired) electrons. The van der Waals surface area contributed by atoms with E-state index >= 15 is 0 Å². The second-order valence-electron chi connectivity index (χ2n) is 3.14. The molecule has 0 fully saturated rings. The zero-order chi connectivity index (χ0) is 14.1. The number of anilines is 1.